The highest BCUT2D eigenvalue weighted by Crippen LogP contribution is 2.16. The number of unbranched alkanes of at least 4 members (excludes halogenated alkanes) is 2. The summed E-state index contributed by atoms with van der Waals surface area (Å²) in [7, 11) is 0. The summed E-state index contributed by atoms with van der Waals surface area (Å²) in [6.07, 6.45) is 4.07. The average Bonchev–Trinajstić information content (AvgIpc) is 2.47. The van der Waals surface area contributed by atoms with Crippen LogP contribution in [-0.4, -0.2) is 35.7 Å². The number of urea groups is 1. The summed E-state index contributed by atoms with van der Waals surface area (Å²) in [6.45, 7) is 5.26. The fraction of sp³-hybridized carbons (Fsp3) is 0.562. The first-order valence-corrected chi connectivity index (χ1v) is 7.47. The van der Waals surface area contributed by atoms with E-state index in [0.29, 0.717) is 13.1 Å². The predicted molar refractivity (Wildman–Crippen MR) is 83.0 cm³/mol. The molecule has 0 heterocycles. The van der Waals surface area contributed by atoms with Crippen LogP contribution >= 0.6 is 0 Å². The Bertz CT molecular complexity index is 407. The van der Waals surface area contributed by atoms with Crippen molar-refractivity contribution in [2.75, 3.05) is 25.0 Å². The highest BCUT2D eigenvalue weighted by Gasteiger charge is 2.13. The minimum Gasteiger partial charge on any atom is -0.395 e. The molecule has 4 nitrogen and oxygen atoms in total. The Hall–Kier alpha value is -1.55. The first kappa shape index (κ1) is 16.5. The third kappa shape index (κ3) is 5.21. The molecule has 0 unspecified atom stereocenters. The second-order valence-electron chi connectivity index (χ2n) is 4.86. The summed E-state index contributed by atoms with van der Waals surface area (Å²) < 4.78 is 0. The SMILES string of the molecule is CCCCCN(CCO)C(=O)Nc1ccccc1CC. The molecule has 0 aromatic heterocycles. The molecule has 1 aromatic carbocycles. The Morgan fingerprint density at radius 1 is 1.20 bits per heavy atom. The molecule has 0 aliphatic heterocycles. The molecule has 0 atom stereocenters. The van der Waals surface area contributed by atoms with Gasteiger partial charge >= 0.3 is 6.03 Å². The van der Waals surface area contributed by atoms with Crippen molar-refractivity contribution in [3.63, 3.8) is 0 Å². The quantitative estimate of drug-likeness (QED) is 0.717. The minimum atomic E-state index is -0.129. The molecule has 0 saturated heterocycles. The number of aryl methyl sites for hydroxylation is 1. The van der Waals surface area contributed by atoms with Gasteiger partial charge in [0.2, 0.25) is 0 Å². The van der Waals surface area contributed by atoms with E-state index < -0.39 is 0 Å². The number of amides is 2. The molecule has 4 heteroatoms. The molecular weight excluding hydrogens is 252 g/mol. The number of para-hydroxylation sites is 1. The maximum absolute atomic E-state index is 12.3. The molecule has 112 valence electrons. The van der Waals surface area contributed by atoms with Gasteiger partial charge in [-0.1, -0.05) is 44.9 Å². The summed E-state index contributed by atoms with van der Waals surface area (Å²) in [4.78, 5) is 14.0. The molecule has 1 aromatic rings. The van der Waals surface area contributed by atoms with Crippen molar-refractivity contribution >= 4 is 11.7 Å². The van der Waals surface area contributed by atoms with Crippen LogP contribution in [0.1, 0.15) is 38.7 Å². The number of carbonyl (C=O) groups is 1. The molecule has 0 aliphatic rings. The van der Waals surface area contributed by atoms with Crippen LogP contribution in [0.3, 0.4) is 0 Å². The van der Waals surface area contributed by atoms with Crippen LogP contribution in [0.15, 0.2) is 24.3 Å². The van der Waals surface area contributed by atoms with E-state index in [2.05, 4.69) is 19.2 Å². The van der Waals surface area contributed by atoms with E-state index in [4.69, 9.17) is 5.11 Å². The molecule has 0 bridgehead atoms. The van der Waals surface area contributed by atoms with E-state index in [9.17, 15) is 4.79 Å². The van der Waals surface area contributed by atoms with Gasteiger partial charge in [0.25, 0.3) is 0 Å². The maximum Gasteiger partial charge on any atom is 0.321 e. The van der Waals surface area contributed by atoms with Crippen LogP contribution < -0.4 is 5.32 Å². The lowest BCUT2D eigenvalue weighted by molar-refractivity contribution is 0.187. The number of nitrogens with one attached hydrogen (secondary N) is 1. The van der Waals surface area contributed by atoms with Crippen molar-refractivity contribution in [3.8, 4) is 0 Å². The molecular formula is C16H26N2O2. The molecule has 20 heavy (non-hydrogen) atoms. The molecule has 0 radical (unpaired) electrons. The van der Waals surface area contributed by atoms with E-state index in [1.54, 1.807) is 4.90 Å². The first-order chi connectivity index (χ1) is 9.72. The van der Waals surface area contributed by atoms with E-state index in [-0.39, 0.29) is 12.6 Å². The zero-order valence-electron chi connectivity index (χ0n) is 12.6. The summed E-state index contributed by atoms with van der Waals surface area (Å²) in [5.41, 5.74) is 1.98. The Morgan fingerprint density at radius 3 is 2.60 bits per heavy atom. The van der Waals surface area contributed by atoms with Gasteiger partial charge in [0.05, 0.1) is 6.61 Å². The highest BCUT2D eigenvalue weighted by molar-refractivity contribution is 5.90. The van der Waals surface area contributed by atoms with Gasteiger partial charge in [-0.3, -0.25) is 0 Å². The van der Waals surface area contributed by atoms with E-state index in [1.807, 2.05) is 24.3 Å². The van der Waals surface area contributed by atoms with Gasteiger partial charge in [0.15, 0.2) is 0 Å². The van der Waals surface area contributed by atoms with Crippen molar-refractivity contribution in [2.24, 2.45) is 0 Å². The second kappa shape index (κ2) is 9.37. The van der Waals surface area contributed by atoms with Crippen molar-refractivity contribution < 1.29 is 9.90 Å². The number of hydrogen-bond donors (Lipinski definition) is 2. The van der Waals surface area contributed by atoms with Gasteiger partial charge in [-0.25, -0.2) is 4.79 Å². The van der Waals surface area contributed by atoms with E-state index in [0.717, 1.165) is 36.9 Å². The average molecular weight is 278 g/mol. The zero-order chi connectivity index (χ0) is 14.8. The number of rotatable bonds is 8. The summed E-state index contributed by atoms with van der Waals surface area (Å²) in [6, 6.07) is 7.70. The fourth-order valence-corrected chi connectivity index (χ4v) is 2.13. The normalized spacial score (nSPS) is 10.3. The molecule has 0 saturated carbocycles. The van der Waals surface area contributed by atoms with E-state index in [1.165, 1.54) is 0 Å². The molecule has 0 fully saturated rings. The van der Waals surface area contributed by atoms with Crippen LogP contribution in [0.5, 0.6) is 0 Å². The highest BCUT2D eigenvalue weighted by atomic mass is 16.3. The smallest absolute Gasteiger partial charge is 0.321 e. The Labute approximate surface area is 121 Å². The number of hydrogen-bond acceptors (Lipinski definition) is 2. The van der Waals surface area contributed by atoms with Gasteiger partial charge in [-0.15, -0.1) is 0 Å². The van der Waals surface area contributed by atoms with Crippen LogP contribution in [0.2, 0.25) is 0 Å². The fourth-order valence-electron chi connectivity index (χ4n) is 2.13. The molecule has 0 spiro atoms. The van der Waals surface area contributed by atoms with Crippen molar-refractivity contribution in [3.05, 3.63) is 29.8 Å². The third-order valence-electron chi connectivity index (χ3n) is 3.33. The lowest BCUT2D eigenvalue weighted by atomic mass is 10.1. The monoisotopic (exact) mass is 278 g/mol. The zero-order valence-corrected chi connectivity index (χ0v) is 12.6. The third-order valence-corrected chi connectivity index (χ3v) is 3.33. The largest absolute Gasteiger partial charge is 0.395 e. The summed E-state index contributed by atoms with van der Waals surface area (Å²) in [5, 5.41) is 12.0. The Kier molecular flexibility index (Phi) is 7.73. The van der Waals surface area contributed by atoms with Crippen LogP contribution in [0.25, 0.3) is 0 Å². The predicted octanol–water partition coefficient (Wildman–Crippen LogP) is 3.27. The Balaban J connectivity index is 2.64. The van der Waals surface area contributed by atoms with Crippen LogP contribution in [-0.2, 0) is 6.42 Å². The van der Waals surface area contributed by atoms with E-state index >= 15 is 0 Å². The van der Waals surface area contributed by atoms with Crippen LogP contribution in [0.4, 0.5) is 10.5 Å². The summed E-state index contributed by atoms with van der Waals surface area (Å²) in [5.74, 6) is 0. The number of benzene rings is 1. The van der Waals surface area contributed by atoms with Crippen molar-refractivity contribution in [1.82, 2.24) is 4.90 Å². The van der Waals surface area contributed by atoms with Gasteiger partial charge in [-0.05, 0) is 24.5 Å². The lowest BCUT2D eigenvalue weighted by Crippen LogP contribution is -2.38. The minimum absolute atomic E-state index is 0.00499. The summed E-state index contributed by atoms with van der Waals surface area (Å²) >= 11 is 0. The van der Waals surface area contributed by atoms with Gasteiger partial charge in [-0.2, -0.15) is 0 Å². The molecule has 0 aliphatic carbocycles. The van der Waals surface area contributed by atoms with Crippen molar-refractivity contribution in [1.29, 1.82) is 0 Å². The number of anilines is 1. The topological polar surface area (TPSA) is 52.6 Å². The number of aliphatic hydroxyl groups excluding tert-OH is 1. The molecule has 2 amide bonds. The van der Waals surface area contributed by atoms with Gasteiger partial charge < -0.3 is 15.3 Å². The van der Waals surface area contributed by atoms with Crippen molar-refractivity contribution in [2.45, 2.75) is 39.5 Å². The first-order valence-electron chi connectivity index (χ1n) is 7.47. The Morgan fingerprint density at radius 2 is 1.95 bits per heavy atom. The standard InChI is InChI=1S/C16H26N2O2/c1-3-5-8-11-18(12-13-19)16(20)17-15-10-7-6-9-14(15)4-2/h6-7,9-10,19H,3-5,8,11-13H2,1-2H3,(H,17,20). The number of nitrogens with zero attached hydrogens (tertiary/aromatic N) is 1. The maximum atomic E-state index is 12.3. The molecule has 1 rings (SSSR count). The van der Waals surface area contributed by atoms with Crippen LogP contribution in [0, 0.1) is 0 Å². The van der Waals surface area contributed by atoms with Gasteiger partial charge in [0.1, 0.15) is 0 Å². The van der Waals surface area contributed by atoms with Gasteiger partial charge in [0, 0.05) is 18.8 Å². The molecule has 2 N–H and O–H groups in total. The second-order valence-corrected chi connectivity index (χ2v) is 4.86. The lowest BCUT2D eigenvalue weighted by Gasteiger charge is -2.23. The number of carbonyl (C=O) groups excluding carboxylic acids is 1. The number of aliphatic hydroxyl groups is 1.